The second-order valence-corrected chi connectivity index (χ2v) is 7.08. The molecule has 0 bridgehead atoms. The number of aromatic nitrogens is 1. The van der Waals surface area contributed by atoms with Crippen molar-refractivity contribution in [2.45, 2.75) is 39.2 Å². The Morgan fingerprint density at radius 2 is 2.00 bits per heavy atom. The molecule has 1 aliphatic heterocycles. The van der Waals surface area contributed by atoms with Crippen LogP contribution >= 0.6 is 11.3 Å². The zero-order valence-electron chi connectivity index (χ0n) is 12.2. The van der Waals surface area contributed by atoms with Crippen molar-refractivity contribution in [1.29, 1.82) is 0 Å². The summed E-state index contributed by atoms with van der Waals surface area (Å²) < 4.78 is 0. The lowest BCUT2D eigenvalue weighted by Gasteiger charge is -2.39. The molecule has 3 N–H and O–H groups in total. The fraction of sp³-hybridized carbons (Fsp3) is 0.615. The minimum absolute atomic E-state index is 0.0675. The predicted octanol–water partition coefficient (Wildman–Crippen LogP) is 1.18. The van der Waals surface area contributed by atoms with E-state index >= 15 is 0 Å². The van der Waals surface area contributed by atoms with Crippen molar-refractivity contribution in [3.8, 4) is 0 Å². The van der Waals surface area contributed by atoms with Crippen LogP contribution in [0.2, 0.25) is 0 Å². The van der Waals surface area contributed by atoms with Gasteiger partial charge in [0, 0.05) is 25.4 Å². The van der Waals surface area contributed by atoms with Gasteiger partial charge in [-0.15, -0.1) is 11.3 Å². The minimum Gasteiger partial charge on any atom is -0.369 e. The van der Waals surface area contributed by atoms with Crippen LogP contribution < -0.4 is 11.1 Å². The number of nitrogens with zero attached hydrogens (tertiary/aromatic N) is 2. The summed E-state index contributed by atoms with van der Waals surface area (Å²) in [7, 11) is 0. The molecule has 110 valence electrons. The lowest BCUT2D eigenvalue weighted by molar-refractivity contribution is -0.132. The Morgan fingerprint density at radius 1 is 1.40 bits per heavy atom. The normalized spacial score (nSPS) is 15.9. The molecular weight excluding hydrogens is 276 g/mol. The number of nitrogens with two attached hydrogens (primary N) is 1. The van der Waals surface area contributed by atoms with Gasteiger partial charge in [-0.05, 0) is 0 Å². The first kappa shape index (κ1) is 14.8. The highest BCUT2D eigenvalue weighted by Crippen LogP contribution is 2.33. The molecule has 0 unspecified atom stereocenters. The number of anilines is 1. The first-order valence-corrected chi connectivity index (χ1v) is 7.33. The molecule has 6 nitrogen and oxygen atoms in total. The highest BCUT2D eigenvalue weighted by atomic mass is 32.1. The van der Waals surface area contributed by atoms with Crippen molar-refractivity contribution < 1.29 is 9.59 Å². The van der Waals surface area contributed by atoms with Crippen LogP contribution in [0.1, 0.15) is 43.2 Å². The Kier molecular flexibility index (Phi) is 3.73. The molecule has 2 heterocycles. The van der Waals surface area contributed by atoms with Gasteiger partial charge in [0.1, 0.15) is 10.0 Å². The van der Waals surface area contributed by atoms with E-state index < -0.39 is 5.91 Å². The summed E-state index contributed by atoms with van der Waals surface area (Å²) in [6, 6.07) is 0.158. The molecule has 0 radical (unpaired) electrons. The fourth-order valence-electron chi connectivity index (χ4n) is 1.92. The second-order valence-electron chi connectivity index (χ2n) is 6.08. The van der Waals surface area contributed by atoms with Gasteiger partial charge in [0.15, 0.2) is 5.69 Å². The maximum atomic E-state index is 11.5. The Labute approximate surface area is 122 Å². The van der Waals surface area contributed by atoms with Crippen molar-refractivity contribution in [3.63, 3.8) is 0 Å². The summed E-state index contributed by atoms with van der Waals surface area (Å²) in [5.74, 6) is -0.458. The van der Waals surface area contributed by atoms with Gasteiger partial charge < -0.3 is 16.0 Å². The summed E-state index contributed by atoms with van der Waals surface area (Å²) >= 11 is 1.46. The molecule has 0 atom stereocenters. The van der Waals surface area contributed by atoms with Crippen molar-refractivity contribution in [3.05, 3.63) is 10.7 Å². The quantitative estimate of drug-likeness (QED) is 0.876. The number of amides is 2. The molecule has 0 spiro atoms. The summed E-state index contributed by atoms with van der Waals surface area (Å²) in [5.41, 5.74) is 5.55. The third kappa shape index (κ3) is 2.92. The van der Waals surface area contributed by atoms with Gasteiger partial charge in [0.05, 0.1) is 6.04 Å². The number of primary amides is 1. The molecule has 1 aromatic heterocycles. The third-order valence-electron chi connectivity index (χ3n) is 3.16. The molecule has 1 fully saturated rings. The van der Waals surface area contributed by atoms with E-state index in [1.165, 1.54) is 11.3 Å². The van der Waals surface area contributed by atoms with Crippen LogP contribution in [0, 0.1) is 0 Å². The van der Waals surface area contributed by atoms with E-state index in [-0.39, 0.29) is 17.4 Å². The number of hydrogen-bond donors (Lipinski definition) is 2. The molecule has 0 saturated carbocycles. The Hall–Kier alpha value is -1.63. The predicted molar refractivity (Wildman–Crippen MR) is 79.0 cm³/mol. The van der Waals surface area contributed by atoms with Crippen molar-refractivity contribution in [1.82, 2.24) is 9.88 Å². The molecule has 20 heavy (non-hydrogen) atoms. The van der Waals surface area contributed by atoms with Crippen LogP contribution in [0.25, 0.3) is 0 Å². The number of likely N-dealkylation sites (tertiary alicyclic amines) is 1. The van der Waals surface area contributed by atoms with Crippen molar-refractivity contribution in [2.24, 2.45) is 5.73 Å². The van der Waals surface area contributed by atoms with Crippen molar-refractivity contribution >= 4 is 28.2 Å². The molecule has 7 heteroatoms. The average Bonchev–Trinajstić information content (AvgIpc) is 2.65. The van der Waals surface area contributed by atoms with Gasteiger partial charge in [-0.1, -0.05) is 20.8 Å². The Morgan fingerprint density at radius 3 is 2.45 bits per heavy atom. The zero-order valence-corrected chi connectivity index (χ0v) is 13.0. The van der Waals surface area contributed by atoms with E-state index in [9.17, 15) is 9.59 Å². The van der Waals surface area contributed by atoms with E-state index in [1.54, 1.807) is 11.8 Å². The summed E-state index contributed by atoms with van der Waals surface area (Å²) in [6.07, 6.45) is 0. The lowest BCUT2D eigenvalue weighted by atomic mass is 9.98. The first-order valence-electron chi connectivity index (χ1n) is 6.51. The Balaban J connectivity index is 2.13. The molecule has 1 aliphatic rings. The summed E-state index contributed by atoms with van der Waals surface area (Å²) in [5, 5.41) is 4.84. The topological polar surface area (TPSA) is 88.3 Å². The smallest absolute Gasteiger partial charge is 0.270 e. The number of rotatable bonds is 3. The van der Waals surface area contributed by atoms with Gasteiger partial charge in [-0.3, -0.25) is 9.59 Å². The summed E-state index contributed by atoms with van der Waals surface area (Å²) in [4.78, 5) is 28.7. The maximum Gasteiger partial charge on any atom is 0.270 e. The highest BCUT2D eigenvalue weighted by molar-refractivity contribution is 7.16. The van der Waals surface area contributed by atoms with E-state index in [2.05, 4.69) is 10.3 Å². The van der Waals surface area contributed by atoms with Gasteiger partial charge in [0.2, 0.25) is 5.91 Å². The van der Waals surface area contributed by atoms with Gasteiger partial charge in [-0.2, -0.15) is 0 Å². The van der Waals surface area contributed by atoms with E-state index in [0.717, 1.165) is 5.01 Å². The van der Waals surface area contributed by atoms with E-state index in [0.29, 0.717) is 23.8 Å². The molecule has 0 aromatic carbocycles. The van der Waals surface area contributed by atoms with Crippen LogP contribution in [0.5, 0.6) is 0 Å². The van der Waals surface area contributed by atoms with Crippen LogP contribution in [0.15, 0.2) is 0 Å². The van der Waals surface area contributed by atoms with Gasteiger partial charge in [-0.25, -0.2) is 4.98 Å². The monoisotopic (exact) mass is 296 g/mol. The largest absolute Gasteiger partial charge is 0.369 e. The molecule has 0 aliphatic carbocycles. The standard InChI is InChI=1S/C13H20N4O2S/c1-7(18)17-5-8(6-17)15-11-9(10(14)19)16-12(20-11)13(2,3)4/h8,15H,5-6H2,1-4H3,(H2,14,19). The Bertz CT molecular complexity index is 541. The van der Waals surface area contributed by atoms with Crippen molar-refractivity contribution in [2.75, 3.05) is 18.4 Å². The molecule has 1 aromatic rings. The molecule has 2 amide bonds. The average molecular weight is 296 g/mol. The van der Waals surface area contributed by atoms with Crippen LogP contribution in [-0.4, -0.2) is 40.8 Å². The van der Waals surface area contributed by atoms with Crippen LogP contribution in [-0.2, 0) is 10.2 Å². The number of carbonyl (C=O) groups excluding carboxylic acids is 2. The van der Waals surface area contributed by atoms with E-state index in [1.807, 2.05) is 20.8 Å². The fourth-order valence-corrected chi connectivity index (χ4v) is 3.02. The SMILES string of the molecule is CC(=O)N1CC(Nc2sc(C(C)(C)C)nc2C(N)=O)C1. The molecule has 1 saturated heterocycles. The maximum absolute atomic E-state index is 11.5. The number of thiazole rings is 1. The number of hydrogen-bond acceptors (Lipinski definition) is 5. The minimum atomic E-state index is -0.526. The van der Waals surface area contributed by atoms with Crippen LogP contribution in [0.3, 0.4) is 0 Å². The van der Waals surface area contributed by atoms with Crippen LogP contribution in [0.4, 0.5) is 5.00 Å². The molecule has 2 rings (SSSR count). The first-order chi connectivity index (χ1) is 9.18. The second kappa shape index (κ2) is 5.05. The highest BCUT2D eigenvalue weighted by Gasteiger charge is 2.31. The number of carbonyl (C=O) groups is 2. The van der Waals surface area contributed by atoms with E-state index in [4.69, 9.17) is 5.73 Å². The van der Waals surface area contributed by atoms with Gasteiger partial charge >= 0.3 is 0 Å². The number of nitrogens with one attached hydrogen (secondary N) is 1. The molecular formula is C13H20N4O2S. The third-order valence-corrected chi connectivity index (χ3v) is 4.58. The zero-order chi connectivity index (χ0) is 15.1. The lowest BCUT2D eigenvalue weighted by Crippen LogP contribution is -2.56. The van der Waals surface area contributed by atoms with Gasteiger partial charge in [0.25, 0.3) is 5.91 Å². The summed E-state index contributed by atoms with van der Waals surface area (Å²) in [6.45, 7) is 8.98.